The van der Waals surface area contributed by atoms with Gasteiger partial charge in [0, 0.05) is 10.6 Å². The molecule has 0 radical (unpaired) electrons. The Labute approximate surface area is 138 Å². The summed E-state index contributed by atoms with van der Waals surface area (Å²) in [5.74, 6) is 4.74. The minimum absolute atomic E-state index is 0.362. The van der Waals surface area contributed by atoms with Gasteiger partial charge in [-0.05, 0) is 30.3 Å². The number of hydrogen-bond donors (Lipinski definition) is 3. The van der Waals surface area contributed by atoms with Gasteiger partial charge in [-0.2, -0.15) is 0 Å². The van der Waals surface area contributed by atoms with Crippen molar-refractivity contribution in [3.8, 4) is 0 Å². The highest BCUT2D eigenvalue weighted by atomic mass is 32.2. The van der Waals surface area contributed by atoms with E-state index in [9.17, 15) is 0 Å². The summed E-state index contributed by atoms with van der Waals surface area (Å²) in [7, 11) is -0.532. The van der Waals surface area contributed by atoms with Crippen LogP contribution < -0.4 is 16.2 Å². The van der Waals surface area contributed by atoms with Crippen LogP contribution in [0.25, 0.3) is 11.0 Å². The number of aromatic nitrogens is 2. The zero-order valence-electron chi connectivity index (χ0n) is 13.3. The Morgan fingerprint density at radius 1 is 1.00 bits per heavy atom. The van der Waals surface area contributed by atoms with Crippen LogP contribution in [0.4, 0.5) is 17.3 Å². The Bertz CT molecular complexity index is 832. The largest absolute Gasteiger partial charge is 0.381 e. The highest BCUT2D eigenvalue weighted by Gasteiger charge is 2.06. The molecule has 0 aliphatic carbocycles. The number of nitrogen functional groups attached to an aromatic ring is 1. The molecular formula is C17H21N5S. The van der Waals surface area contributed by atoms with Crippen molar-refractivity contribution >= 4 is 44.9 Å². The maximum Gasteiger partial charge on any atom is 0.174 e. The average molecular weight is 327 g/mol. The monoisotopic (exact) mass is 327 g/mol. The summed E-state index contributed by atoms with van der Waals surface area (Å²) in [4.78, 5) is 9.81. The smallest absolute Gasteiger partial charge is 0.174 e. The first kappa shape index (κ1) is 16.9. The quantitative estimate of drug-likeness (QED) is 0.634. The van der Waals surface area contributed by atoms with Gasteiger partial charge in [-0.15, -0.1) is 0 Å². The summed E-state index contributed by atoms with van der Waals surface area (Å²) >= 11 is 0. The first-order valence-corrected chi connectivity index (χ1v) is 8.77. The summed E-state index contributed by atoms with van der Waals surface area (Å²) in [6.07, 6.45) is 0. The van der Waals surface area contributed by atoms with Crippen LogP contribution in [-0.2, 0) is 0 Å². The fraction of sp³-hybridized carbons (Fsp3) is 0.118. The van der Waals surface area contributed by atoms with Crippen molar-refractivity contribution < 1.29 is 0 Å². The summed E-state index contributed by atoms with van der Waals surface area (Å²) in [6, 6.07) is 15.3. The van der Waals surface area contributed by atoms with E-state index >= 15 is 0 Å². The number of hydrogen-bond acceptors (Lipinski definition) is 5. The molecule has 3 aromatic rings. The third-order valence-electron chi connectivity index (χ3n) is 3.00. The highest BCUT2D eigenvalue weighted by Crippen LogP contribution is 2.26. The van der Waals surface area contributed by atoms with Crippen LogP contribution in [0.15, 0.2) is 53.4 Å². The zero-order valence-corrected chi connectivity index (χ0v) is 14.1. The Hall–Kier alpha value is -2.44. The summed E-state index contributed by atoms with van der Waals surface area (Å²) in [6.45, 7) is 4.00. The van der Waals surface area contributed by atoms with Gasteiger partial charge in [-0.1, -0.05) is 48.6 Å². The Balaban J connectivity index is 0.000000924. The predicted molar refractivity (Wildman–Crippen MR) is 102 cm³/mol. The zero-order chi connectivity index (χ0) is 16.8. The molecule has 0 amide bonds. The van der Waals surface area contributed by atoms with Crippen LogP contribution in [0.5, 0.6) is 0 Å². The number of anilines is 3. The fourth-order valence-electron chi connectivity index (χ4n) is 1.98. The Kier molecular flexibility index (Phi) is 5.67. The van der Waals surface area contributed by atoms with E-state index in [1.807, 2.05) is 62.4 Å². The van der Waals surface area contributed by atoms with Crippen LogP contribution in [0.1, 0.15) is 13.8 Å². The number of nitrogens with zero attached hydrogens (tertiary/aromatic N) is 2. The standard InChI is InChI=1S/C15H15N5S.C2H6/c1-21(17)11-6-4-5-10(9-11)18-15-14(16)19-12-7-2-3-8-13(12)20-15;1-2/h2-9H,1,17H2,(H2,16,19)(H,18,20);1-2H3. The molecule has 2 aromatic carbocycles. The molecule has 0 aliphatic rings. The third kappa shape index (κ3) is 4.06. The van der Waals surface area contributed by atoms with Gasteiger partial charge >= 0.3 is 0 Å². The maximum absolute atomic E-state index is 5.96. The molecule has 120 valence electrons. The SMILES string of the molecule is C=S(N)c1cccc(Nc2nc3ccccc3nc2N)c1.CC. The second-order valence-corrected chi connectivity index (χ2v) is 5.86. The summed E-state index contributed by atoms with van der Waals surface area (Å²) in [5.41, 5.74) is 8.38. The van der Waals surface area contributed by atoms with E-state index in [-0.39, 0.29) is 0 Å². The normalized spacial score (nSPS) is 11.4. The highest BCUT2D eigenvalue weighted by molar-refractivity contribution is 8.12. The second kappa shape index (κ2) is 7.71. The van der Waals surface area contributed by atoms with E-state index in [1.54, 1.807) is 0 Å². The number of rotatable bonds is 3. The fourth-order valence-corrected chi connectivity index (χ4v) is 2.51. The number of nitrogens with two attached hydrogens (primary N) is 2. The average Bonchev–Trinajstić information content (AvgIpc) is 2.57. The minimum Gasteiger partial charge on any atom is -0.381 e. The van der Waals surface area contributed by atoms with Gasteiger partial charge in [0.1, 0.15) is 0 Å². The molecule has 1 aromatic heterocycles. The van der Waals surface area contributed by atoms with Gasteiger partial charge < -0.3 is 11.1 Å². The number of fused-ring (bicyclic) bond motifs is 1. The van der Waals surface area contributed by atoms with Gasteiger partial charge in [-0.25, -0.2) is 9.97 Å². The molecule has 1 unspecified atom stereocenters. The van der Waals surface area contributed by atoms with Gasteiger partial charge in [0.05, 0.1) is 11.0 Å². The molecule has 6 heteroatoms. The van der Waals surface area contributed by atoms with E-state index in [0.29, 0.717) is 11.6 Å². The van der Waals surface area contributed by atoms with Crippen LogP contribution in [0, 0.1) is 0 Å². The van der Waals surface area contributed by atoms with Crippen molar-refractivity contribution in [2.75, 3.05) is 11.1 Å². The number of para-hydroxylation sites is 2. The molecule has 1 heterocycles. The third-order valence-corrected chi connectivity index (χ3v) is 3.86. The lowest BCUT2D eigenvalue weighted by Gasteiger charge is -2.10. The van der Waals surface area contributed by atoms with Gasteiger partial charge in [0.25, 0.3) is 0 Å². The van der Waals surface area contributed by atoms with Gasteiger partial charge in [0.2, 0.25) is 0 Å². The van der Waals surface area contributed by atoms with E-state index in [4.69, 9.17) is 10.9 Å². The summed E-state index contributed by atoms with van der Waals surface area (Å²) in [5, 5.41) is 9.00. The van der Waals surface area contributed by atoms with E-state index < -0.39 is 10.7 Å². The molecule has 1 atom stereocenters. The maximum atomic E-state index is 5.96. The molecule has 23 heavy (non-hydrogen) atoms. The lowest BCUT2D eigenvalue weighted by molar-refractivity contribution is 1.28. The van der Waals surface area contributed by atoms with Crippen molar-refractivity contribution in [1.82, 2.24) is 9.97 Å². The van der Waals surface area contributed by atoms with Crippen molar-refractivity contribution in [2.24, 2.45) is 5.14 Å². The summed E-state index contributed by atoms with van der Waals surface area (Å²) < 4.78 is 0. The number of benzene rings is 2. The Morgan fingerprint density at radius 3 is 2.30 bits per heavy atom. The van der Waals surface area contributed by atoms with Crippen molar-refractivity contribution in [3.05, 3.63) is 48.5 Å². The van der Waals surface area contributed by atoms with Gasteiger partial charge in [0.15, 0.2) is 11.6 Å². The second-order valence-electron chi connectivity index (χ2n) is 4.53. The first-order valence-electron chi connectivity index (χ1n) is 7.31. The van der Waals surface area contributed by atoms with Crippen LogP contribution in [0.3, 0.4) is 0 Å². The lowest BCUT2D eigenvalue weighted by Crippen LogP contribution is -2.02. The van der Waals surface area contributed by atoms with E-state index in [2.05, 4.69) is 21.2 Å². The van der Waals surface area contributed by atoms with Crippen LogP contribution in [-0.4, -0.2) is 15.8 Å². The topological polar surface area (TPSA) is 89.8 Å². The molecular weight excluding hydrogens is 306 g/mol. The lowest BCUT2D eigenvalue weighted by atomic mass is 10.3. The minimum atomic E-state index is -0.532. The van der Waals surface area contributed by atoms with Crippen LogP contribution >= 0.6 is 10.7 Å². The van der Waals surface area contributed by atoms with Crippen molar-refractivity contribution in [1.29, 1.82) is 0 Å². The first-order chi connectivity index (χ1) is 11.1. The molecule has 0 bridgehead atoms. The van der Waals surface area contributed by atoms with Crippen molar-refractivity contribution in [3.63, 3.8) is 0 Å². The molecule has 0 fully saturated rings. The Morgan fingerprint density at radius 2 is 1.65 bits per heavy atom. The molecule has 0 spiro atoms. The predicted octanol–water partition coefficient (Wildman–Crippen LogP) is 3.92. The molecule has 0 saturated heterocycles. The molecule has 5 N–H and O–H groups in total. The van der Waals surface area contributed by atoms with Crippen molar-refractivity contribution in [2.45, 2.75) is 18.7 Å². The van der Waals surface area contributed by atoms with Crippen LogP contribution in [0.2, 0.25) is 0 Å². The van der Waals surface area contributed by atoms with E-state index in [1.165, 1.54) is 0 Å². The molecule has 0 aliphatic heterocycles. The van der Waals surface area contributed by atoms with Gasteiger partial charge in [-0.3, -0.25) is 5.14 Å². The molecule has 0 saturated carbocycles. The molecule has 5 nitrogen and oxygen atoms in total. The number of nitrogens with one attached hydrogen (secondary N) is 1. The van der Waals surface area contributed by atoms with E-state index in [0.717, 1.165) is 21.6 Å². The molecule has 3 rings (SSSR count).